The van der Waals surface area contributed by atoms with E-state index in [0.717, 1.165) is 35.3 Å². The quantitative estimate of drug-likeness (QED) is 0.128. The Morgan fingerprint density at radius 2 is 1.39 bits per heavy atom. The number of amidine groups is 1. The number of nitrogen functional groups attached to an aromatic ring is 1. The summed E-state index contributed by atoms with van der Waals surface area (Å²) in [5, 5.41) is 14.1. The van der Waals surface area contributed by atoms with E-state index in [-0.39, 0.29) is 18.0 Å². The molecule has 8 rings (SSSR count). The second-order valence-corrected chi connectivity index (χ2v) is 13.8. The maximum absolute atomic E-state index is 14.1. The summed E-state index contributed by atoms with van der Waals surface area (Å²) >= 11 is 0. The van der Waals surface area contributed by atoms with Gasteiger partial charge < -0.3 is 25.8 Å². The van der Waals surface area contributed by atoms with Crippen molar-refractivity contribution in [1.29, 1.82) is 5.41 Å². The SMILES string of the molecule is C=C(NCc1ccc(C(=N)N)cc1)[C@@H]1Cc2ccc(cc2)OCCCCOc2ccc(cc2)C[C@@H](NS(=O)(=O)Cc2ccccc2)C(=O)N1. The van der Waals surface area contributed by atoms with E-state index in [9.17, 15) is 13.2 Å². The van der Waals surface area contributed by atoms with Crippen molar-refractivity contribution in [3.8, 4) is 11.5 Å². The van der Waals surface area contributed by atoms with Crippen molar-refractivity contribution in [2.75, 3.05) is 13.2 Å². The van der Waals surface area contributed by atoms with Crippen LogP contribution in [0.1, 0.15) is 40.7 Å². The summed E-state index contributed by atoms with van der Waals surface area (Å²) in [5.74, 6) is 0.682. The van der Waals surface area contributed by atoms with E-state index in [1.165, 1.54) is 0 Å². The van der Waals surface area contributed by atoms with Crippen LogP contribution in [-0.4, -0.2) is 45.5 Å². The van der Waals surface area contributed by atoms with E-state index in [2.05, 4.69) is 21.9 Å². The first kappa shape index (κ1) is 35.2. The molecule has 6 N–H and O–H groups in total. The topological polar surface area (TPSA) is 156 Å². The first-order valence-electron chi connectivity index (χ1n) is 16.3. The van der Waals surface area contributed by atoms with Crippen LogP contribution in [0, 0.1) is 5.41 Å². The molecule has 4 bridgehead atoms. The fourth-order valence-electron chi connectivity index (χ4n) is 5.41. The Balaban J connectivity index is 1.40. The number of ether oxygens (including phenoxy) is 2. The Hall–Kier alpha value is -5.13. The summed E-state index contributed by atoms with van der Waals surface area (Å²) in [5.41, 5.74) is 10.0. The van der Waals surface area contributed by atoms with E-state index < -0.39 is 28.0 Å². The molecule has 256 valence electrons. The van der Waals surface area contributed by atoms with E-state index in [4.69, 9.17) is 20.6 Å². The Kier molecular flexibility index (Phi) is 12.1. The molecule has 0 aromatic heterocycles. The number of benzene rings is 4. The number of carbonyl (C=O) groups is 1. The van der Waals surface area contributed by atoms with Crippen LogP contribution in [0.25, 0.3) is 0 Å². The third kappa shape index (κ3) is 10.9. The van der Waals surface area contributed by atoms with Gasteiger partial charge in [-0.1, -0.05) is 85.4 Å². The van der Waals surface area contributed by atoms with Crippen LogP contribution in [0.2, 0.25) is 0 Å². The van der Waals surface area contributed by atoms with Crippen LogP contribution in [0.15, 0.2) is 115 Å². The van der Waals surface area contributed by atoms with Crippen LogP contribution in [-0.2, 0) is 40.0 Å². The molecule has 0 saturated heterocycles. The van der Waals surface area contributed by atoms with Crippen molar-refractivity contribution in [1.82, 2.24) is 15.4 Å². The van der Waals surface area contributed by atoms with Gasteiger partial charge in [-0.15, -0.1) is 0 Å². The minimum Gasteiger partial charge on any atom is -0.494 e. The lowest BCUT2D eigenvalue weighted by atomic mass is 10.0. The van der Waals surface area contributed by atoms with Crippen LogP contribution in [0.3, 0.4) is 0 Å². The first-order valence-corrected chi connectivity index (χ1v) is 17.9. The third-order valence-electron chi connectivity index (χ3n) is 8.16. The monoisotopic (exact) mass is 681 g/mol. The normalized spacial score (nSPS) is 17.3. The highest BCUT2D eigenvalue weighted by atomic mass is 32.2. The highest BCUT2D eigenvalue weighted by Gasteiger charge is 2.28. The molecule has 0 aliphatic carbocycles. The maximum atomic E-state index is 14.1. The van der Waals surface area contributed by atoms with Crippen LogP contribution in [0.5, 0.6) is 11.5 Å². The highest BCUT2D eigenvalue weighted by Crippen LogP contribution is 2.19. The predicted molar refractivity (Wildman–Crippen MR) is 192 cm³/mol. The van der Waals surface area contributed by atoms with Crippen molar-refractivity contribution in [2.24, 2.45) is 5.73 Å². The average Bonchev–Trinajstić information content (AvgIpc) is 3.09. The van der Waals surface area contributed by atoms with Crippen molar-refractivity contribution in [3.05, 3.63) is 143 Å². The predicted octanol–water partition coefficient (Wildman–Crippen LogP) is 4.58. The lowest BCUT2D eigenvalue weighted by molar-refractivity contribution is -0.123. The van der Waals surface area contributed by atoms with E-state index in [1.54, 1.807) is 36.4 Å². The van der Waals surface area contributed by atoms with Crippen molar-refractivity contribution in [2.45, 2.75) is 50.1 Å². The zero-order chi connectivity index (χ0) is 34.6. The second-order valence-electron chi connectivity index (χ2n) is 12.1. The smallest absolute Gasteiger partial charge is 0.239 e. The molecular weight excluding hydrogens is 639 g/mol. The van der Waals surface area contributed by atoms with Crippen molar-refractivity contribution >= 4 is 21.8 Å². The number of nitrogens with one attached hydrogen (secondary N) is 4. The molecule has 4 aliphatic heterocycles. The lowest BCUT2D eigenvalue weighted by Crippen LogP contribution is -2.52. The summed E-state index contributed by atoms with van der Waals surface area (Å²) in [7, 11) is -3.90. The van der Waals surface area contributed by atoms with Gasteiger partial charge in [0.05, 0.1) is 25.0 Å². The fourth-order valence-corrected chi connectivity index (χ4v) is 6.75. The van der Waals surface area contributed by atoms with Gasteiger partial charge in [0.15, 0.2) is 0 Å². The number of sulfonamides is 1. The number of rotatable bonds is 9. The van der Waals surface area contributed by atoms with Gasteiger partial charge in [-0.3, -0.25) is 10.2 Å². The average molecular weight is 682 g/mol. The largest absolute Gasteiger partial charge is 0.494 e. The molecule has 4 aromatic carbocycles. The molecule has 2 atom stereocenters. The van der Waals surface area contributed by atoms with Crippen LogP contribution >= 0.6 is 0 Å². The van der Waals surface area contributed by atoms with Gasteiger partial charge in [-0.25, -0.2) is 13.1 Å². The number of hydrogen-bond acceptors (Lipinski definition) is 7. The van der Waals surface area contributed by atoms with Gasteiger partial charge in [0.1, 0.15) is 23.4 Å². The molecule has 0 saturated carbocycles. The number of nitrogens with two attached hydrogens (primary N) is 1. The molecule has 49 heavy (non-hydrogen) atoms. The number of amides is 1. The minimum absolute atomic E-state index is 0.00967. The van der Waals surface area contributed by atoms with Gasteiger partial charge in [0.2, 0.25) is 15.9 Å². The Bertz CT molecular complexity index is 1810. The summed E-state index contributed by atoms with van der Waals surface area (Å²) in [6.45, 7) is 5.78. The van der Waals surface area contributed by atoms with Gasteiger partial charge in [-0.05, 0) is 72.2 Å². The summed E-state index contributed by atoms with van der Waals surface area (Å²) in [6.07, 6.45) is 2.18. The maximum Gasteiger partial charge on any atom is 0.239 e. The molecule has 0 fully saturated rings. The first-order chi connectivity index (χ1) is 23.6. The highest BCUT2D eigenvalue weighted by molar-refractivity contribution is 7.88. The van der Waals surface area contributed by atoms with E-state index >= 15 is 0 Å². The second kappa shape index (κ2) is 16.8. The standard InChI is InChI=1S/C38H43N5O5S/c1-27(41-25-30-9-15-32(16-10-30)37(39)40)35-23-28-11-17-33(18-12-28)47-21-5-6-22-48-34-19-13-29(14-20-34)24-36(38(44)42-35)43-49(45,46)26-31-7-3-2-4-8-31/h2-4,7-20,35-36,41,43H,1,5-6,21-26H2,(H3,39,40)(H,42,44)/t35-,36+/m0/s1. The lowest BCUT2D eigenvalue weighted by Gasteiger charge is -2.26. The molecule has 0 spiro atoms. The Morgan fingerprint density at radius 1 is 0.816 bits per heavy atom. The number of hydrogen-bond donors (Lipinski definition) is 5. The zero-order valence-electron chi connectivity index (χ0n) is 27.4. The molecule has 4 aliphatic rings. The third-order valence-corrected chi connectivity index (χ3v) is 9.52. The van der Waals surface area contributed by atoms with Crippen molar-refractivity contribution < 1.29 is 22.7 Å². The molecule has 4 heterocycles. The van der Waals surface area contributed by atoms with Crippen LogP contribution in [0.4, 0.5) is 0 Å². The van der Waals surface area contributed by atoms with Gasteiger partial charge in [-0.2, -0.15) is 0 Å². The molecule has 0 radical (unpaired) electrons. The van der Waals surface area contributed by atoms with E-state index in [0.29, 0.717) is 48.8 Å². The Labute approximate surface area is 288 Å². The van der Waals surface area contributed by atoms with Gasteiger partial charge in [0.25, 0.3) is 0 Å². The summed E-state index contributed by atoms with van der Waals surface area (Å²) in [6, 6.07) is 29.5. The van der Waals surface area contributed by atoms with Crippen molar-refractivity contribution in [3.63, 3.8) is 0 Å². The molecule has 4 aromatic rings. The van der Waals surface area contributed by atoms with Crippen LogP contribution < -0.4 is 30.6 Å². The van der Waals surface area contributed by atoms with Gasteiger partial charge in [0, 0.05) is 17.8 Å². The van der Waals surface area contributed by atoms with E-state index in [1.807, 2.05) is 66.7 Å². The molecule has 11 heteroatoms. The summed E-state index contributed by atoms with van der Waals surface area (Å²) in [4.78, 5) is 14.1. The Morgan fingerprint density at radius 3 is 1.96 bits per heavy atom. The molecule has 1 amide bonds. The molecular formula is C38H43N5O5S. The fraction of sp³-hybridized carbons (Fsp3) is 0.263. The summed E-state index contributed by atoms with van der Waals surface area (Å²) < 4.78 is 41.3. The van der Waals surface area contributed by atoms with Gasteiger partial charge >= 0.3 is 0 Å². The zero-order valence-corrected chi connectivity index (χ0v) is 28.2. The number of carbonyl (C=O) groups excluding carboxylic acids is 1. The molecule has 0 unspecified atom stereocenters. The minimum atomic E-state index is -3.90. The molecule has 10 nitrogen and oxygen atoms in total.